The maximum atomic E-state index is 12.3. The van der Waals surface area contributed by atoms with Gasteiger partial charge in [-0.2, -0.15) is 0 Å². The number of likely N-dealkylation sites (tertiary alicyclic amines) is 1. The molecule has 1 unspecified atom stereocenters. The van der Waals surface area contributed by atoms with Gasteiger partial charge in [0.2, 0.25) is 5.91 Å². The Balaban J connectivity index is 1.75. The molecule has 4 heteroatoms. The van der Waals surface area contributed by atoms with Crippen LogP contribution >= 0.6 is 0 Å². The molecule has 1 heterocycles. The standard InChI is InChI=1S/C16H30N2O2/c1-3-9-17(2)12-14-6-10-18(13-14)15(19)11-16(20)7-4-5-8-16/h14,20H,3-13H2,1-2H3. The fraction of sp³-hybridized carbons (Fsp3) is 0.938. The van der Waals surface area contributed by atoms with Gasteiger partial charge in [-0.15, -0.1) is 0 Å². The molecular formula is C16H30N2O2. The second-order valence-corrected chi connectivity index (χ2v) is 6.86. The fourth-order valence-corrected chi connectivity index (χ4v) is 3.73. The molecule has 20 heavy (non-hydrogen) atoms. The lowest BCUT2D eigenvalue weighted by molar-refractivity contribution is -0.135. The maximum absolute atomic E-state index is 12.3. The second kappa shape index (κ2) is 6.90. The Kier molecular flexibility index (Phi) is 5.44. The van der Waals surface area contributed by atoms with Crippen molar-refractivity contribution >= 4 is 5.91 Å². The van der Waals surface area contributed by atoms with Crippen LogP contribution in [0.5, 0.6) is 0 Å². The minimum absolute atomic E-state index is 0.162. The van der Waals surface area contributed by atoms with Crippen molar-refractivity contribution in [2.45, 2.75) is 57.5 Å². The van der Waals surface area contributed by atoms with Crippen LogP contribution in [0.1, 0.15) is 51.9 Å². The van der Waals surface area contributed by atoms with Crippen LogP contribution in [-0.2, 0) is 4.79 Å². The first kappa shape index (κ1) is 15.8. The third-order valence-electron chi connectivity index (χ3n) is 4.83. The number of hydrogen-bond donors (Lipinski definition) is 1. The van der Waals surface area contributed by atoms with Crippen molar-refractivity contribution in [1.29, 1.82) is 0 Å². The number of carbonyl (C=O) groups is 1. The Morgan fingerprint density at radius 1 is 1.40 bits per heavy atom. The third kappa shape index (κ3) is 4.19. The largest absolute Gasteiger partial charge is 0.389 e. The summed E-state index contributed by atoms with van der Waals surface area (Å²) in [7, 11) is 2.16. The lowest BCUT2D eigenvalue weighted by atomic mass is 9.97. The Hall–Kier alpha value is -0.610. The predicted octanol–water partition coefficient (Wildman–Crippen LogP) is 1.87. The van der Waals surface area contributed by atoms with Crippen LogP contribution in [0.25, 0.3) is 0 Å². The molecule has 2 rings (SSSR count). The van der Waals surface area contributed by atoms with Gasteiger partial charge in [0.25, 0.3) is 0 Å². The van der Waals surface area contributed by atoms with Crippen molar-refractivity contribution in [3.63, 3.8) is 0 Å². The summed E-state index contributed by atoms with van der Waals surface area (Å²) in [4.78, 5) is 16.7. The van der Waals surface area contributed by atoms with E-state index in [0.717, 1.165) is 58.3 Å². The highest BCUT2D eigenvalue weighted by Crippen LogP contribution is 2.33. The van der Waals surface area contributed by atoms with E-state index in [0.29, 0.717) is 12.3 Å². The summed E-state index contributed by atoms with van der Waals surface area (Å²) in [5.41, 5.74) is -0.700. The molecule has 0 spiro atoms. The van der Waals surface area contributed by atoms with Crippen LogP contribution in [0.3, 0.4) is 0 Å². The lowest BCUT2D eigenvalue weighted by Gasteiger charge is -2.25. The molecule has 1 saturated heterocycles. The number of amides is 1. The number of aliphatic hydroxyl groups is 1. The van der Waals surface area contributed by atoms with Crippen molar-refractivity contribution in [2.24, 2.45) is 5.92 Å². The van der Waals surface area contributed by atoms with E-state index in [2.05, 4.69) is 18.9 Å². The van der Waals surface area contributed by atoms with E-state index in [4.69, 9.17) is 0 Å². The number of carbonyl (C=O) groups excluding carboxylic acids is 1. The maximum Gasteiger partial charge on any atom is 0.225 e. The lowest BCUT2D eigenvalue weighted by Crippen LogP contribution is -2.37. The van der Waals surface area contributed by atoms with Gasteiger partial charge >= 0.3 is 0 Å². The summed E-state index contributed by atoms with van der Waals surface area (Å²) in [6.07, 6.45) is 6.36. The number of rotatable bonds is 6. The molecule has 1 N–H and O–H groups in total. The zero-order valence-electron chi connectivity index (χ0n) is 13.1. The van der Waals surface area contributed by atoms with Crippen molar-refractivity contribution in [3.8, 4) is 0 Å². The highest BCUT2D eigenvalue weighted by molar-refractivity contribution is 5.77. The quantitative estimate of drug-likeness (QED) is 0.809. The van der Waals surface area contributed by atoms with Crippen LogP contribution in [-0.4, -0.2) is 59.6 Å². The Morgan fingerprint density at radius 2 is 2.10 bits per heavy atom. The van der Waals surface area contributed by atoms with Gasteiger partial charge in [-0.3, -0.25) is 4.79 Å². The average Bonchev–Trinajstić information content (AvgIpc) is 2.99. The zero-order chi connectivity index (χ0) is 14.6. The van der Waals surface area contributed by atoms with Gasteiger partial charge in [-0.05, 0) is 45.2 Å². The smallest absolute Gasteiger partial charge is 0.225 e. The molecule has 0 aromatic heterocycles. The van der Waals surface area contributed by atoms with Gasteiger partial charge in [-0.25, -0.2) is 0 Å². The van der Waals surface area contributed by atoms with E-state index in [1.54, 1.807) is 0 Å². The molecule has 1 atom stereocenters. The molecule has 0 radical (unpaired) electrons. The molecule has 0 aromatic rings. The molecule has 0 bridgehead atoms. The first-order chi connectivity index (χ1) is 9.52. The highest BCUT2D eigenvalue weighted by Gasteiger charge is 2.36. The first-order valence-electron chi connectivity index (χ1n) is 8.21. The molecule has 1 aliphatic heterocycles. The topological polar surface area (TPSA) is 43.8 Å². The summed E-state index contributed by atoms with van der Waals surface area (Å²) < 4.78 is 0. The summed E-state index contributed by atoms with van der Waals surface area (Å²) in [6, 6.07) is 0. The Morgan fingerprint density at radius 3 is 2.75 bits per heavy atom. The molecule has 0 aromatic carbocycles. The van der Waals surface area contributed by atoms with Gasteiger partial charge in [0.1, 0.15) is 0 Å². The molecule has 4 nitrogen and oxygen atoms in total. The van der Waals surface area contributed by atoms with E-state index in [9.17, 15) is 9.90 Å². The van der Waals surface area contributed by atoms with E-state index in [1.165, 1.54) is 6.42 Å². The average molecular weight is 282 g/mol. The molecule has 2 fully saturated rings. The SMILES string of the molecule is CCCN(C)CC1CCN(C(=O)CC2(O)CCCC2)C1. The third-order valence-corrected chi connectivity index (χ3v) is 4.83. The van der Waals surface area contributed by atoms with Crippen LogP contribution in [0.4, 0.5) is 0 Å². The molecular weight excluding hydrogens is 252 g/mol. The van der Waals surface area contributed by atoms with Crippen LogP contribution in [0.2, 0.25) is 0 Å². The molecule has 1 aliphatic carbocycles. The minimum atomic E-state index is -0.700. The number of hydrogen-bond acceptors (Lipinski definition) is 3. The minimum Gasteiger partial charge on any atom is -0.389 e. The normalized spacial score (nSPS) is 25.6. The van der Waals surface area contributed by atoms with E-state index in [-0.39, 0.29) is 5.91 Å². The Labute approximate surface area is 123 Å². The molecule has 1 saturated carbocycles. The first-order valence-corrected chi connectivity index (χ1v) is 8.21. The van der Waals surface area contributed by atoms with Crippen molar-refractivity contribution in [3.05, 3.63) is 0 Å². The predicted molar refractivity (Wildman–Crippen MR) is 80.5 cm³/mol. The van der Waals surface area contributed by atoms with Crippen molar-refractivity contribution < 1.29 is 9.90 Å². The van der Waals surface area contributed by atoms with E-state index >= 15 is 0 Å². The van der Waals surface area contributed by atoms with Crippen LogP contribution in [0, 0.1) is 5.92 Å². The summed E-state index contributed by atoms with van der Waals surface area (Å²) >= 11 is 0. The van der Waals surface area contributed by atoms with Crippen LogP contribution < -0.4 is 0 Å². The van der Waals surface area contributed by atoms with E-state index in [1.807, 2.05) is 4.90 Å². The monoisotopic (exact) mass is 282 g/mol. The summed E-state index contributed by atoms with van der Waals surface area (Å²) in [5.74, 6) is 0.767. The van der Waals surface area contributed by atoms with Crippen molar-refractivity contribution in [2.75, 3.05) is 33.2 Å². The zero-order valence-corrected chi connectivity index (χ0v) is 13.1. The Bertz CT molecular complexity index is 326. The van der Waals surface area contributed by atoms with Gasteiger partial charge in [0.05, 0.1) is 12.0 Å². The molecule has 2 aliphatic rings. The summed E-state index contributed by atoms with van der Waals surface area (Å²) in [6.45, 7) is 6.16. The second-order valence-electron chi connectivity index (χ2n) is 6.86. The molecule has 116 valence electrons. The van der Waals surface area contributed by atoms with Crippen LogP contribution in [0.15, 0.2) is 0 Å². The van der Waals surface area contributed by atoms with Gasteiger partial charge in [-0.1, -0.05) is 19.8 Å². The van der Waals surface area contributed by atoms with Crippen molar-refractivity contribution in [1.82, 2.24) is 9.80 Å². The molecule has 1 amide bonds. The van der Waals surface area contributed by atoms with Gasteiger partial charge < -0.3 is 14.9 Å². The van der Waals surface area contributed by atoms with Gasteiger partial charge in [0.15, 0.2) is 0 Å². The fourth-order valence-electron chi connectivity index (χ4n) is 3.73. The van der Waals surface area contributed by atoms with Gasteiger partial charge in [0, 0.05) is 19.6 Å². The van der Waals surface area contributed by atoms with E-state index < -0.39 is 5.60 Å². The number of nitrogens with zero attached hydrogens (tertiary/aromatic N) is 2. The highest BCUT2D eigenvalue weighted by atomic mass is 16.3. The summed E-state index contributed by atoms with van der Waals surface area (Å²) in [5, 5.41) is 10.3.